The third kappa shape index (κ3) is 1.67. The molecule has 1 aliphatic carbocycles. The Morgan fingerprint density at radius 3 is 2.78 bits per heavy atom. The molecule has 3 rings (SSSR count). The molecule has 0 amide bonds. The monoisotopic (exact) mass is 269 g/mol. The van der Waals surface area contributed by atoms with Crippen LogP contribution in [-0.4, -0.2) is 32.3 Å². The van der Waals surface area contributed by atoms with Crippen LogP contribution in [0.4, 0.5) is 0 Å². The maximum Gasteiger partial charge on any atom is 0.231 e. The molecule has 1 aromatic rings. The van der Waals surface area contributed by atoms with Gasteiger partial charge in [-0.2, -0.15) is 0 Å². The molecule has 18 heavy (non-hydrogen) atoms. The van der Waals surface area contributed by atoms with E-state index < -0.39 is 15.1 Å². The molecule has 0 aromatic heterocycles. The first kappa shape index (κ1) is 11.8. The Morgan fingerprint density at radius 1 is 1.33 bits per heavy atom. The van der Waals surface area contributed by atoms with Crippen LogP contribution in [0.3, 0.4) is 0 Å². The quantitative estimate of drug-likeness (QED) is 0.871. The van der Waals surface area contributed by atoms with Crippen LogP contribution in [0.1, 0.15) is 18.4 Å². The first-order valence-electron chi connectivity index (χ1n) is 5.91. The third-order valence-electron chi connectivity index (χ3n) is 3.61. The van der Waals surface area contributed by atoms with Crippen molar-refractivity contribution >= 4 is 9.84 Å². The summed E-state index contributed by atoms with van der Waals surface area (Å²) < 4.78 is 34.2. The average molecular weight is 269 g/mol. The van der Waals surface area contributed by atoms with Gasteiger partial charge < -0.3 is 15.2 Å². The lowest BCUT2D eigenvalue weighted by Gasteiger charge is -2.02. The van der Waals surface area contributed by atoms with Crippen molar-refractivity contribution in [2.75, 3.05) is 12.5 Å². The minimum Gasteiger partial charge on any atom is -0.454 e. The van der Waals surface area contributed by atoms with E-state index in [-0.39, 0.29) is 24.5 Å². The maximum atomic E-state index is 11.9. The smallest absolute Gasteiger partial charge is 0.231 e. The van der Waals surface area contributed by atoms with Gasteiger partial charge in [0.2, 0.25) is 6.79 Å². The minimum absolute atomic E-state index is 0.121. The van der Waals surface area contributed by atoms with Crippen LogP contribution < -0.4 is 15.2 Å². The Kier molecular flexibility index (Phi) is 2.53. The van der Waals surface area contributed by atoms with E-state index in [9.17, 15) is 8.42 Å². The molecule has 5 nitrogen and oxygen atoms in total. The third-order valence-corrected chi connectivity index (χ3v) is 5.85. The predicted octanol–water partition coefficient (Wildman–Crippen LogP) is 0.643. The number of rotatable bonds is 3. The van der Waals surface area contributed by atoms with Crippen LogP contribution in [0.15, 0.2) is 18.2 Å². The van der Waals surface area contributed by atoms with Gasteiger partial charge in [-0.1, -0.05) is 13.0 Å². The van der Waals surface area contributed by atoms with Gasteiger partial charge in [0, 0.05) is 17.7 Å². The Labute approximate surface area is 106 Å². The molecular weight excluding hydrogens is 254 g/mol. The van der Waals surface area contributed by atoms with E-state index in [1.165, 1.54) is 0 Å². The van der Waals surface area contributed by atoms with Gasteiger partial charge in [-0.25, -0.2) is 8.42 Å². The van der Waals surface area contributed by atoms with Crippen LogP contribution in [0, 0.1) is 0 Å². The maximum absolute atomic E-state index is 11.9. The molecule has 3 atom stereocenters. The van der Waals surface area contributed by atoms with Crippen molar-refractivity contribution in [1.29, 1.82) is 0 Å². The second kappa shape index (κ2) is 3.86. The van der Waals surface area contributed by atoms with Crippen LogP contribution >= 0.6 is 0 Å². The summed E-state index contributed by atoms with van der Waals surface area (Å²) >= 11 is 0. The summed E-state index contributed by atoms with van der Waals surface area (Å²) in [5.41, 5.74) is 6.81. The van der Waals surface area contributed by atoms with Crippen LogP contribution in [0.5, 0.6) is 11.5 Å². The van der Waals surface area contributed by atoms with E-state index in [0.717, 1.165) is 5.56 Å². The highest BCUT2D eigenvalue weighted by molar-refractivity contribution is 7.92. The predicted molar refractivity (Wildman–Crippen MR) is 66.5 cm³/mol. The Bertz CT molecular complexity index is 584. The van der Waals surface area contributed by atoms with Crippen molar-refractivity contribution in [2.24, 2.45) is 5.73 Å². The summed E-state index contributed by atoms with van der Waals surface area (Å²) in [5, 5.41) is -0.456. The SMILES string of the molecule is CCS(=O)(=O)[C@H]1[C@@H](N)[C@@H]1c1ccc2c(c1)OCO2. The molecule has 1 aromatic carbocycles. The molecule has 2 aliphatic rings. The Morgan fingerprint density at radius 2 is 2.06 bits per heavy atom. The Hall–Kier alpha value is -1.27. The lowest BCUT2D eigenvalue weighted by molar-refractivity contribution is 0.174. The second-order valence-electron chi connectivity index (χ2n) is 4.63. The highest BCUT2D eigenvalue weighted by atomic mass is 32.2. The van der Waals surface area contributed by atoms with Crippen LogP contribution in [0.25, 0.3) is 0 Å². The van der Waals surface area contributed by atoms with Crippen LogP contribution in [-0.2, 0) is 9.84 Å². The van der Waals surface area contributed by atoms with Gasteiger partial charge in [0.1, 0.15) is 0 Å². The van der Waals surface area contributed by atoms with Gasteiger partial charge in [0.15, 0.2) is 21.3 Å². The van der Waals surface area contributed by atoms with Crippen molar-refractivity contribution in [1.82, 2.24) is 0 Å². The van der Waals surface area contributed by atoms with Crippen molar-refractivity contribution < 1.29 is 17.9 Å². The number of hydrogen-bond donors (Lipinski definition) is 1. The van der Waals surface area contributed by atoms with E-state index in [0.29, 0.717) is 11.5 Å². The molecule has 6 heteroatoms. The fourth-order valence-corrected chi connectivity index (χ4v) is 4.22. The average Bonchev–Trinajstić information content (AvgIpc) is 2.84. The molecule has 0 spiro atoms. The molecule has 98 valence electrons. The van der Waals surface area contributed by atoms with Gasteiger partial charge in [-0.05, 0) is 17.7 Å². The molecule has 2 N–H and O–H groups in total. The van der Waals surface area contributed by atoms with E-state index >= 15 is 0 Å². The lowest BCUT2D eigenvalue weighted by Crippen LogP contribution is -2.17. The summed E-state index contributed by atoms with van der Waals surface area (Å²) in [7, 11) is -3.08. The van der Waals surface area contributed by atoms with Crippen molar-refractivity contribution in [3.05, 3.63) is 23.8 Å². The molecular formula is C12H15NO4S. The Balaban J connectivity index is 1.89. The van der Waals surface area contributed by atoms with E-state index in [1.807, 2.05) is 12.1 Å². The zero-order valence-electron chi connectivity index (χ0n) is 10.00. The van der Waals surface area contributed by atoms with Crippen molar-refractivity contribution in [3.8, 4) is 11.5 Å². The zero-order chi connectivity index (χ0) is 12.9. The summed E-state index contributed by atoms with van der Waals surface area (Å²) in [6, 6.07) is 5.19. The van der Waals surface area contributed by atoms with Gasteiger partial charge in [0.25, 0.3) is 0 Å². The largest absolute Gasteiger partial charge is 0.454 e. The molecule has 0 unspecified atom stereocenters. The van der Waals surface area contributed by atoms with E-state index in [4.69, 9.17) is 15.2 Å². The summed E-state index contributed by atoms with van der Waals surface area (Å²) in [6.07, 6.45) is 0. The fraction of sp³-hybridized carbons (Fsp3) is 0.500. The molecule has 1 saturated carbocycles. The highest BCUT2D eigenvalue weighted by Crippen LogP contribution is 2.47. The van der Waals surface area contributed by atoms with Crippen molar-refractivity contribution in [3.63, 3.8) is 0 Å². The van der Waals surface area contributed by atoms with E-state index in [1.54, 1.807) is 13.0 Å². The molecule has 1 heterocycles. The summed E-state index contributed by atoms with van der Waals surface area (Å²) in [5.74, 6) is 1.37. The molecule has 0 bridgehead atoms. The minimum atomic E-state index is -3.08. The molecule has 1 fully saturated rings. The van der Waals surface area contributed by atoms with Gasteiger partial charge >= 0.3 is 0 Å². The molecule has 0 radical (unpaired) electrons. The molecule has 0 saturated heterocycles. The number of ether oxygens (including phenoxy) is 2. The summed E-state index contributed by atoms with van der Waals surface area (Å²) in [6.45, 7) is 1.86. The van der Waals surface area contributed by atoms with Gasteiger partial charge in [0.05, 0.1) is 5.25 Å². The molecule has 1 aliphatic heterocycles. The number of fused-ring (bicyclic) bond motifs is 1. The number of benzene rings is 1. The fourth-order valence-electron chi connectivity index (χ4n) is 2.49. The standard InChI is InChI=1S/C12H15NO4S/c1-2-18(14,15)12-10(11(12)13)7-3-4-8-9(5-7)17-6-16-8/h3-5,10-12H,2,6,13H2,1H3/t10-,11-,12+/m0/s1. The first-order chi connectivity index (χ1) is 8.54. The number of nitrogens with two attached hydrogens (primary N) is 1. The topological polar surface area (TPSA) is 78.6 Å². The second-order valence-corrected chi connectivity index (χ2v) is 7.08. The van der Waals surface area contributed by atoms with Crippen LogP contribution in [0.2, 0.25) is 0 Å². The summed E-state index contributed by atoms with van der Waals surface area (Å²) in [4.78, 5) is 0. The number of sulfone groups is 1. The first-order valence-corrected chi connectivity index (χ1v) is 7.63. The van der Waals surface area contributed by atoms with E-state index in [2.05, 4.69) is 0 Å². The van der Waals surface area contributed by atoms with Crippen molar-refractivity contribution in [2.45, 2.75) is 24.1 Å². The normalized spacial score (nSPS) is 29.3. The lowest BCUT2D eigenvalue weighted by atomic mass is 10.1. The number of hydrogen-bond acceptors (Lipinski definition) is 5. The van der Waals surface area contributed by atoms with Gasteiger partial charge in [-0.3, -0.25) is 0 Å². The highest BCUT2D eigenvalue weighted by Gasteiger charge is 2.56. The zero-order valence-corrected chi connectivity index (χ0v) is 10.8. The van der Waals surface area contributed by atoms with Gasteiger partial charge in [-0.15, -0.1) is 0 Å².